The summed E-state index contributed by atoms with van der Waals surface area (Å²) in [7, 11) is 1.52. The molecule has 1 aromatic rings. The van der Waals surface area contributed by atoms with Crippen LogP contribution in [0, 0.1) is 0 Å². The predicted molar refractivity (Wildman–Crippen MR) is 81.6 cm³/mol. The lowest BCUT2D eigenvalue weighted by Gasteiger charge is -2.22. The number of anilines is 2. The van der Waals surface area contributed by atoms with Crippen molar-refractivity contribution in [2.75, 3.05) is 24.3 Å². The smallest absolute Gasteiger partial charge is 0.241 e. The summed E-state index contributed by atoms with van der Waals surface area (Å²) in [5.41, 5.74) is 1.23. The van der Waals surface area contributed by atoms with Gasteiger partial charge in [-0.05, 0) is 31.5 Å². The van der Waals surface area contributed by atoms with Crippen molar-refractivity contribution in [2.45, 2.75) is 32.2 Å². The van der Waals surface area contributed by atoms with E-state index in [1.807, 2.05) is 0 Å². The molecule has 1 aliphatic heterocycles. The van der Waals surface area contributed by atoms with Crippen molar-refractivity contribution < 1.29 is 14.3 Å². The van der Waals surface area contributed by atoms with Gasteiger partial charge in [-0.3, -0.25) is 9.59 Å². The van der Waals surface area contributed by atoms with E-state index in [-0.39, 0.29) is 17.9 Å². The van der Waals surface area contributed by atoms with Crippen LogP contribution in [0.25, 0.3) is 0 Å². The van der Waals surface area contributed by atoms with Crippen LogP contribution >= 0.6 is 0 Å². The second kappa shape index (κ2) is 7.08. The Bertz CT molecular complexity index is 525. The Hall–Kier alpha value is -2.08. The minimum absolute atomic E-state index is 0.0379. The molecule has 6 nitrogen and oxygen atoms in total. The van der Waals surface area contributed by atoms with Gasteiger partial charge >= 0.3 is 0 Å². The van der Waals surface area contributed by atoms with E-state index in [0.717, 1.165) is 25.8 Å². The molecule has 0 radical (unpaired) electrons. The highest BCUT2D eigenvalue weighted by molar-refractivity contribution is 5.96. The lowest BCUT2D eigenvalue weighted by molar-refractivity contribution is -0.118. The highest BCUT2D eigenvalue weighted by Crippen LogP contribution is 2.28. The van der Waals surface area contributed by atoms with E-state index in [4.69, 9.17) is 4.74 Å². The number of rotatable bonds is 4. The van der Waals surface area contributed by atoms with Crippen LogP contribution in [-0.4, -0.2) is 31.5 Å². The topological polar surface area (TPSA) is 79.5 Å². The summed E-state index contributed by atoms with van der Waals surface area (Å²) in [5.74, 6) is 0.306. The van der Waals surface area contributed by atoms with Crippen molar-refractivity contribution in [2.24, 2.45) is 0 Å². The second-order valence-corrected chi connectivity index (χ2v) is 5.09. The van der Waals surface area contributed by atoms with Gasteiger partial charge in [0.05, 0.1) is 18.8 Å². The van der Waals surface area contributed by atoms with Crippen molar-refractivity contribution in [3.63, 3.8) is 0 Å². The summed E-state index contributed by atoms with van der Waals surface area (Å²) in [6.07, 6.45) is 3.03. The Morgan fingerprint density at radius 3 is 2.71 bits per heavy atom. The van der Waals surface area contributed by atoms with Gasteiger partial charge in [-0.25, -0.2) is 0 Å². The Balaban J connectivity index is 2.06. The standard InChI is InChI=1S/C15H21N3O3/c1-10(19)17-12-7-6-11(9-14(12)21-2)18-15(20)13-5-3-4-8-16-13/h6-7,9,13,16H,3-5,8H2,1-2H3,(H,17,19)(H,18,20)/t13-/m1/s1. The molecule has 0 spiro atoms. The third-order valence-electron chi connectivity index (χ3n) is 3.41. The molecular weight excluding hydrogens is 270 g/mol. The maximum atomic E-state index is 12.1. The van der Waals surface area contributed by atoms with E-state index in [0.29, 0.717) is 17.1 Å². The minimum atomic E-state index is -0.170. The maximum Gasteiger partial charge on any atom is 0.241 e. The molecule has 2 rings (SSSR count). The average Bonchev–Trinajstić information content (AvgIpc) is 2.49. The van der Waals surface area contributed by atoms with Gasteiger partial charge in [-0.2, -0.15) is 0 Å². The van der Waals surface area contributed by atoms with Crippen LogP contribution in [-0.2, 0) is 9.59 Å². The first kappa shape index (κ1) is 15.3. The van der Waals surface area contributed by atoms with Crippen LogP contribution < -0.4 is 20.7 Å². The van der Waals surface area contributed by atoms with Crippen LogP contribution in [0.2, 0.25) is 0 Å². The van der Waals surface area contributed by atoms with Crippen molar-refractivity contribution in [1.29, 1.82) is 0 Å². The molecule has 1 fully saturated rings. The molecule has 21 heavy (non-hydrogen) atoms. The summed E-state index contributed by atoms with van der Waals surface area (Å²) in [4.78, 5) is 23.3. The zero-order valence-corrected chi connectivity index (χ0v) is 12.4. The molecule has 3 N–H and O–H groups in total. The van der Waals surface area contributed by atoms with Gasteiger partial charge in [-0.15, -0.1) is 0 Å². The number of nitrogens with one attached hydrogen (secondary N) is 3. The molecule has 6 heteroatoms. The number of amides is 2. The molecule has 0 aliphatic carbocycles. The van der Waals surface area contributed by atoms with Crippen molar-refractivity contribution in [3.05, 3.63) is 18.2 Å². The Morgan fingerprint density at radius 2 is 2.10 bits per heavy atom. The van der Waals surface area contributed by atoms with E-state index in [1.165, 1.54) is 14.0 Å². The van der Waals surface area contributed by atoms with E-state index < -0.39 is 0 Å². The van der Waals surface area contributed by atoms with Crippen molar-refractivity contribution >= 4 is 23.2 Å². The molecule has 2 amide bonds. The fourth-order valence-electron chi connectivity index (χ4n) is 2.37. The lowest BCUT2D eigenvalue weighted by Crippen LogP contribution is -2.43. The first-order valence-electron chi connectivity index (χ1n) is 7.10. The van der Waals surface area contributed by atoms with E-state index in [2.05, 4.69) is 16.0 Å². The highest BCUT2D eigenvalue weighted by Gasteiger charge is 2.20. The SMILES string of the molecule is COc1cc(NC(=O)[C@H]2CCCCN2)ccc1NC(C)=O. The lowest BCUT2D eigenvalue weighted by atomic mass is 10.0. The third-order valence-corrected chi connectivity index (χ3v) is 3.41. The molecule has 0 aromatic heterocycles. The normalized spacial score (nSPS) is 17.9. The number of carbonyl (C=O) groups is 2. The number of piperidine rings is 1. The number of hydrogen-bond acceptors (Lipinski definition) is 4. The highest BCUT2D eigenvalue weighted by atomic mass is 16.5. The summed E-state index contributed by atoms with van der Waals surface area (Å²) in [6.45, 7) is 2.31. The fraction of sp³-hybridized carbons (Fsp3) is 0.467. The molecule has 0 unspecified atom stereocenters. The maximum absolute atomic E-state index is 12.1. The molecule has 1 aliphatic rings. The van der Waals surface area contributed by atoms with Crippen LogP contribution in [0.4, 0.5) is 11.4 Å². The number of carbonyl (C=O) groups excluding carboxylic acids is 2. The summed E-state index contributed by atoms with van der Waals surface area (Å²) in [6, 6.07) is 5.02. The van der Waals surface area contributed by atoms with Gasteiger partial charge in [0.15, 0.2) is 0 Å². The molecule has 1 heterocycles. The number of hydrogen-bond donors (Lipinski definition) is 3. The van der Waals surface area contributed by atoms with E-state index in [9.17, 15) is 9.59 Å². The number of ether oxygens (including phenoxy) is 1. The van der Waals surface area contributed by atoms with Gasteiger partial charge in [0.1, 0.15) is 5.75 Å². The largest absolute Gasteiger partial charge is 0.494 e. The Kier molecular flexibility index (Phi) is 5.16. The Morgan fingerprint density at radius 1 is 1.29 bits per heavy atom. The minimum Gasteiger partial charge on any atom is -0.494 e. The number of methoxy groups -OCH3 is 1. The molecule has 114 valence electrons. The molecular formula is C15H21N3O3. The van der Waals surface area contributed by atoms with Gasteiger partial charge < -0.3 is 20.7 Å². The van der Waals surface area contributed by atoms with Crippen LogP contribution in [0.3, 0.4) is 0 Å². The summed E-state index contributed by atoms with van der Waals surface area (Å²) >= 11 is 0. The number of benzene rings is 1. The first-order valence-corrected chi connectivity index (χ1v) is 7.10. The first-order chi connectivity index (χ1) is 10.1. The third kappa shape index (κ3) is 4.19. The van der Waals surface area contributed by atoms with Crippen LogP contribution in [0.15, 0.2) is 18.2 Å². The average molecular weight is 291 g/mol. The zero-order valence-electron chi connectivity index (χ0n) is 12.4. The quantitative estimate of drug-likeness (QED) is 0.789. The fourth-order valence-corrected chi connectivity index (χ4v) is 2.37. The van der Waals surface area contributed by atoms with E-state index >= 15 is 0 Å². The molecule has 1 atom stereocenters. The molecule has 1 saturated heterocycles. The van der Waals surface area contributed by atoms with Gasteiger partial charge in [0.2, 0.25) is 11.8 Å². The van der Waals surface area contributed by atoms with Gasteiger partial charge in [0, 0.05) is 18.7 Å². The predicted octanol–water partition coefficient (Wildman–Crippen LogP) is 1.73. The van der Waals surface area contributed by atoms with Crippen molar-refractivity contribution in [1.82, 2.24) is 5.32 Å². The van der Waals surface area contributed by atoms with Gasteiger partial charge in [-0.1, -0.05) is 6.42 Å². The summed E-state index contributed by atoms with van der Waals surface area (Å²) in [5, 5.41) is 8.76. The second-order valence-electron chi connectivity index (χ2n) is 5.09. The van der Waals surface area contributed by atoms with Gasteiger partial charge in [0.25, 0.3) is 0 Å². The van der Waals surface area contributed by atoms with E-state index in [1.54, 1.807) is 18.2 Å². The molecule has 1 aromatic carbocycles. The molecule has 0 bridgehead atoms. The monoisotopic (exact) mass is 291 g/mol. The zero-order chi connectivity index (χ0) is 15.2. The van der Waals surface area contributed by atoms with Crippen LogP contribution in [0.1, 0.15) is 26.2 Å². The summed E-state index contributed by atoms with van der Waals surface area (Å²) < 4.78 is 5.23. The molecule has 0 saturated carbocycles. The Labute approximate surface area is 124 Å². The van der Waals surface area contributed by atoms with Crippen LogP contribution in [0.5, 0.6) is 5.75 Å². The van der Waals surface area contributed by atoms with Crippen molar-refractivity contribution in [3.8, 4) is 5.75 Å².